The van der Waals surface area contributed by atoms with Crippen molar-refractivity contribution in [1.82, 2.24) is 4.90 Å². The Balaban J connectivity index is 2.90. The Morgan fingerprint density at radius 1 is 1.33 bits per heavy atom. The lowest BCUT2D eigenvalue weighted by atomic mass is 10.2. The van der Waals surface area contributed by atoms with Crippen molar-refractivity contribution in [2.45, 2.75) is 38.0 Å². The van der Waals surface area contributed by atoms with Gasteiger partial charge in [0.2, 0.25) is 0 Å². The first kappa shape index (κ1) is 11.8. The number of hydrogen-bond donors (Lipinski definition) is 1. The molecule has 1 heterocycles. The maximum absolute atomic E-state index is 12.1. The van der Waals surface area contributed by atoms with Crippen molar-refractivity contribution in [1.29, 1.82) is 0 Å². The lowest BCUT2D eigenvalue weighted by Crippen LogP contribution is -2.49. The maximum Gasteiger partial charge on any atom is 0.471 e. The minimum absolute atomic E-state index is 0.0678. The van der Waals surface area contributed by atoms with Gasteiger partial charge in [0.25, 0.3) is 0 Å². The summed E-state index contributed by atoms with van der Waals surface area (Å²) in [5.74, 6) is -3.46. The average molecular weight is 225 g/mol. The van der Waals surface area contributed by atoms with E-state index in [1.165, 1.54) is 6.92 Å². The van der Waals surface area contributed by atoms with Crippen LogP contribution in [-0.2, 0) is 9.59 Å². The van der Waals surface area contributed by atoms with Crippen molar-refractivity contribution in [3.05, 3.63) is 0 Å². The molecule has 0 aromatic rings. The minimum atomic E-state index is -5.01. The number of hydrogen-bond acceptors (Lipinski definition) is 2. The van der Waals surface area contributed by atoms with E-state index in [1.54, 1.807) is 0 Å². The zero-order chi connectivity index (χ0) is 11.8. The highest BCUT2D eigenvalue weighted by atomic mass is 19.4. The summed E-state index contributed by atoms with van der Waals surface area (Å²) in [6.45, 7) is 1.41. The van der Waals surface area contributed by atoms with Crippen LogP contribution in [-0.4, -0.2) is 40.1 Å². The molecule has 1 N–H and O–H groups in total. The molecule has 1 saturated heterocycles. The first-order chi connectivity index (χ1) is 6.75. The second kappa shape index (κ2) is 3.71. The van der Waals surface area contributed by atoms with Gasteiger partial charge in [0, 0.05) is 6.04 Å². The van der Waals surface area contributed by atoms with E-state index in [9.17, 15) is 22.8 Å². The Morgan fingerprint density at radius 3 is 2.27 bits per heavy atom. The highest BCUT2D eigenvalue weighted by Crippen LogP contribution is 2.29. The third-order valence-electron chi connectivity index (χ3n) is 2.43. The van der Waals surface area contributed by atoms with Gasteiger partial charge in [-0.25, -0.2) is 4.79 Å². The normalized spacial score (nSPS) is 26.8. The van der Waals surface area contributed by atoms with Crippen LogP contribution in [0.5, 0.6) is 0 Å². The Labute approximate surface area is 83.7 Å². The molecule has 0 saturated carbocycles. The quantitative estimate of drug-likeness (QED) is 0.724. The number of carbonyl (C=O) groups is 2. The van der Waals surface area contributed by atoms with Crippen LogP contribution in [0.1, 0.15) is 19.8 Å². The van der Waals surface area contributed by atoms with Gasteiger partial charge in [-0.05, 0) is 19.8 Å². The molecule has 7 heteroatoms. The van der Waals surface area contributed by atoms with Gasteiger partial charge in [-0.1, -0.05) is 0 Å². The van der Waals surface area contributed by atoms with Gasteiger partial charge in [-0.15, -0.1) is 0 Å². The van der Waals surface area contributed by atoms with Crippen LogP contribution in [0.4, 0.5) is 13.2 Å². The average Bonchev–Trinajstić information content (AvgIpc) is 2.44. The molecule has 2 atom stereocenters. The molecule has 0 radical (unpaired) electrons. The van der Waals surface area contributed by atoms with E-state index < -0.39 is 30.1 Å². The van der Waals surface area contributed by atoms with Crippen molar-refractivity contribution in [3.8, 4) is 0 Å². The lowest BCUT2D eigenvalue weighted by molar-refractivity contribution is -0.189. The van der Waals surface area contributed by atoms with E-state index in [4.69, 9.17) is 5.11 Å². The van der Waals surface area contributed by atoms with Crippen molar-refractivity contribution < 1.29 is 27.9 Å². The SMILES string of the molecule is C[C@@H]1CC[C@H](C(=O)O)N1C(=O)C(F)(F)F. The summed E-state index contributed by atoms with van der Waals surface area (Å²) in [7, 11) is 0. The summed E-state index contributed by atoms with van der Waals surface area (Å²) in [5, 5.41) is 8.65. The maximum atomic E-state index is 12.1. The highest BCUT2D eigenvalue weighted by molar-refractivity contribution is 5.87. The van der Waals surface area contributed by atoms with E-state index in [-0.39, 0.29) is 12.8 Å². The predicted octanol–water partition coefficient (Wildman–Crippen LogP) is 1.01. The summed E-state index contributed by atoms with van der Waals surface area (Å²) < 4.78 is 36.4. The number of carbonyl (C=O) groups excluding carboxylic acids is 1. The number of rotatable bonds is 1. The fourth-order valence-corrected chi connectivity index (χ4v) is 1.71. The van der Waals surface area contributed by atoms with Gasteiger partial charge < -0.3 is 10.0 Å². The largest absolute Gasteiger partial charge is 0.480 e. The van der Waals surface area contributed by atoms with Gasteiger partial charge in [0.05, 0.1) is 0 Å². The lowest BCUT2D eigenvalue weighted by Gasteiger charge is -2.26. The molecule has 1 fully saturated rings. The number of likely N-dealkylation sites (tertiary alicyclic amines) is 1. The number of carboxylic acid groups (broad SMARTS) is 1. The second-order valence-corrected chi connectivity index (χ2v) is 3.49. The minimum Gasteiger partial charge on any atom is -0.480 e. The Hall–Kier alpha value is -1.27. The molecule has 86 valence electrons. The van der Waals surface area contributed by atoms with Gasteiger partial charge in [0.15, 0.2) is 0 Å². The number of amides is 1. The summed E-state index contributed by atoms with van der Waals surface area (Å²) in [6.07, 6.45) is -4.66. The second-order valence-electron chi connectivity index (χ2n) is 3.49. The van der Waals surface area contributed by atoms with E-state index in [0.29, 0.717) is 4.90 Å². The van der Waals surface area contributed by atoms with Crippen LogP contribution in [0.15, 0.2) is 0 Å². The van der Waals surface area contributed by atoms with Crippen molar-refractivity contribution in [2.75, 3.05) is 0 Å². The summed E-state index contributed by atoms with van der Waals surface area (Å²) in [5.41, 5.74) is 0. The number of halogens is 3. The molecular formula is C8H10F3NO3. The third kappa shape index (κ3) is 2.21. The number of alkyl halides is 3. The van der Waals surface area contributed by atoms with Crippen molar-refractivity contribution in [2.24, 2.45) is 0 Å². The Bertz CT molecular complexity index is 289. The van der Waals surface area contributed by atoms with Gasteiger partial charge in [-0.2, -0.15) is 13.2 Å². The zero-order valence-electron chi connectivity index (χ0n) is 7.91. The molecule has 0 aliphatic carbocycles. The Kier molecular flexibility index (Phi) is 2.92. The molecule has 0 aromatic heterocycles. The predicted molar refractivity (Wildman–Crippen MR) is 43.0 cm³/mol. The van der Waals surface area contributed by atoms with Crippen LogP contribution < -0.4 is 0 Å². The number of carboxylic acids is 1. The van der Waals surface area contributed by atoms with Crippen LogP contribution >= 0.6 is 0 Å². The molecule has 4 nitrogen and oxygen atoms in total. The molecule has 1 aliphatic heterocycles. The molecule has 0 spiro atoms. The van der Waals surface area contributed by atoms with Gasteiger partial charge in [-0.3, -0.25) is 4.79 Å². The standard InChI is InChI=1S/C8H10F3NO3/c1-4-2-3-5(6(13)14)12(4)7(15)8(9,10)11/h4-5H,2-3H2,1H3,(H,13,14)/t4-,5-/m1/s1. The smallest absolute Gasteiger partial charge is 0.471 e. The van der Waals surface area contributed by atoms with Gasteiger partial charge >= 0.3 is 18.1 Å². The van der Waals surface area contributed by atoms with Crippen LogP contribution in [0, 0.1) is 0 Å². The van der Waals surface area contributed by atoms with Crippen LogP contribution in [0.25, 0.3) is 0 Å². The van der Waals surface area contributed by atoms with E-state index in [2.05, 4.69) is 0 Å². The van der Waals surface area contributed by atoms with Crippen molar-refractivity contribution in [3.63, 3.8) is 0 Å². The first-order valence-electron chi connectivity index (χ1n) is 4.37. The molecule has 15 heavy (non-hydrogen) atoms. The fourth-order valence-electron chi connectivity index (χ4n) is 1.71. The molecule has 0 aromatic carbocycles. The molecule has 0 unspecified atom stereocenters. The molecular weight excluding hydrogens is 215 g/mol. The van der Waals surface area contributed by atoms with E-state index in [1.807, 2.05) is 0 Å². The van der Waals surface area contributed by atoms with Crippen molar-refractivity contribution >= 4 is 11.9 Å². The Morgan fingerprint density at radius 2 is 1.87 bits per heavy atom. The number of nitrogens with zero attached hydrogens (tertiary/aromatic N) is 1. The number of aliphatic carboxylic acids is 1. The zero-order valence-corrected chi connectivity index (χ0v) is 7.91. The molecule has 1 aliphatic rings. The summed E-state index contributed by atoms with van der Waals surface area (Å²) >= 11 is 0. The van der Waals surface area contributed by atoms with E-state index in [0.717, 1.165) is 0 Å². The van der Waals surface area contributed by atoms with Gasteiger partial charge in [0.1, 0.15) is 6.04 Å². The molecule has 0 bridgehead atoms. The first-order valence-corrected chi connectivity index (χ1v) is 4.37. The summed E-state index contributed by atoms with van der Waals surface area (Å²) in [4.78, 5) is 22.0. The fraction of sp³-hybridized carbons (Fsp3) is 0.750. The highest BCUT2D eigenvalue weighted by Gasteiger charge is 2.50. The third-order valence-corrected chi connectivity index (χ3v) is 2.43. The summed E-state index contributed by atoms with van der Waals surface area (Å²) in [6, 6.07) is -2.03. The van der Waals surface area contributed by atoms with E-state index >= 15 is 0 Å². The monoisotopic (exact) mass is 225 g/mol. The topological polar surface area (TPSA) is 57.6 Å². The van der Waals surface area contributed by atoms with Crippen LogP contribution in [0.2, 0.25) is 0 Å². The van der Waals surface area contributed by atoms with Crippen LogP contribution in [0.3, 0.4) is 0 Å². The molecule has 1 rings (SSSR count). The molecule has 1 amide bonds.